The number of amides is 1. The number of rotatable bonds is 8. The quantitative estimate of drug-likeness (QED) is 0.525. The molecular formula is C25H31N3O2. The molecule has 158 valence electrons. The van der Waals surface area contributed by atoms with Crippen LogP contribution >= 0.6 is 0 Å². The maximum Gasteiger partial charge on any atom is 0.220 e. The van der Waals surface area contributed by atoms with Gasteiger partial charge in [0.25, 0.3) is 0 Å². The predicted octanol–water partition coefficient (Wildman–Crippen LogP) is 4.84. The van der Waals surface area contributed by atoms with Crippen LogP contribution in [-0.2, 0) is 11.2 Å². The summed E-state index contributed by atoms with van der Waals surface area (Å²) in [6, 6.07) is 16.5. The lowest BCUT2D eigenvalue weighted by Gasteiger charge is -2.36. The molecule has 1 fully saturated rings. The second-order valence-electron chi connectivity index (χ2n) is 8.56. The largest absolute Gasteiger partial charge is 0.441 e. The normalized spacial score (nSPS) is 15.9. The SMILES string of the molecule is NCCCNC(=O)CC1(Cc2nc3cc(-c4ccccc4)ccc3o2)CCCCC1. The molecule has 0 spiro atoms. The molecule has 1 aromatic heterocycles. The van der Waals surface area contributed by atoms with E-state index in [9.17, 15) is 4.79 Å². The van der Waals surface area contributed by atoms with E-state index < -0.39 is 0 Å². The Hall–Kier alpha value is -2.66. The van der Waals surface area contributed by atoms with Crippen molar-refractivity contribution in [2.24, 2.45) is 11.1 Å². The predicted molar refractivity (Wildman–Crippen MR) is 120 cm³/mol. The molecule has 0 atom stereocenters. The summed E-state index contributed by atoms with van der Waals surface area (Å²) in [6.45, 7) is 1.25. The summed E-state index contributed by atoms with van der Waals surface area (Å²) in [7, 11) is 0. The lowest BCUT2D eigenvalue weighted by atomic mass is 9.69. The van der Waals surface area contributed by atoms with Crippen LogP contribution in [0.5, 0.6) is 0 Å². The van der Waals surface area contributed by atoms with Crippen molar-refractivity contribution in [1.29, 1.82) is 0 Å². The van der Waals surface area contributed by atoms with Gasteiger partial charge in [0.1, 0.15) is 5.52 Å². The van der Waals surface area contributed by atoms with Crippen molar-refractivity contribution in [3.63, 3.8) is 0 Å². The number of nitrogens with zero attached hydrogens (tertiary/aromatic N) is 1. The first-order chi connectivity index (χ1) is 14.7. The Kier molecular flexibility index (Phi) is 6.48. The number of aromatic nitrogens is 1. The van der Waals surface area contributed by atoms with Crippen molar-refractivity contribution < 1.29 is 9.21 Å². The van der Waals surface area contributed by atoms with E-state index in [-0.39, 0.29) is 11.3 Å². The van der Waals surface area contributed by atoms with Crippen LogP contribution in [0.1, 0.15) is 50.8 Å². The maximum atomic E-state index is 12.6. The highest BCUT2D eigenvalue weighted by atomic mass is 16.3. The van der Waals surface area contributed by atoms with E-state index in [2.05, 4.69) is 29.6 Å². The van der Waals surface area contributed by atoms with Crippen LogP contribution in [0.25, 0.3) is 22.2 Å². The lowest BCUT2D eigenvalue weighted by Crippen LogP contribution is -2.35. The Balaban J connectivity index is 1.53. The van der Waals surface area contributed by atoms with Crippen LogP contribution in [-0.4, -0.2) is 24.0 Å². The molecule has 1 amide bonds. The van der Waals surface area contributed by atoms with Crippen LogP contribution in [0.3, 0.4) is 0 Å². The average Bonchev–Trinajstić information content (AvgIpc) is 3.16. The zero-order chi connectivity index (χ0) is 20.8. The van der Waals surface area contributed by atoms with Gasteiger partial charge in [-0.2, -0.15) is 0 Å². The first-order valence-electron chi connectivity index (χ1n) is 11.1. The third kappa shape index (κ3) is 4.90. The number of benzene rings is 2. The van der Waals surface area contributed by atoms with E-state index in [0.29, 0.717) is 25.9 Å². The van der Waals surface area contributed by atoms with E-state index in [1.54, 1.807) is 0 Å². The van der Waals surface area contributed by atoms with Crippen LogP contribution < -0.4 is 11.1 Å². The molecular weight excluding hydrogens is 374 g/mol. The molecule has 4 rings (SSSR count). The smallest absolute Gasteiger partial charge is 0.220 e. The molecule has 5 heteroatoms. The molecule has 3 aromatic rings. The first-order valence-corrected chi connectivity index (χ1v) is 11.1. The Labute approximate surface area is 178 Å². The number of nitrogens with one attached hydrogen (secondary N) is 1. The van der Waals surface area contributed by atoms with Crippen molar-refractivity contribution in [3.8, 4) is 11.1 Å². The minimum Gasteiger partial charge on any atom is -0.441 e. The highest BCUT2D eigenvalue weighted by molar-refractivity contribution is 5.80. The molecule has 1 heterocycles. The van der Waals surface area contributed by atoms with E-state index >= 15 is 0 Å². The van der Waals surface area contributed by atoms with Crippen LogP contribution in [0.15, 0.2) is 52.9 Å². The van der Waals surface area contributed by atoms with Gasteiger partial charge in [-0.05, 0) is 54.5 Å². The molecule has 3 N–H and O–H groups in total. The molecule has 0 unspecified atom stereocenters. The van der Waals surface area contributed by atoms with E-state index in [0.717, 1.165) is 54.7 Å². The average molecular weight is 406 g/mol. The number of hydrogen-bond acceptors (Lipinski definition) is 4. The molecule has 0 radical (unpaired) electrons. The number of oxazole rings is 1. The Bertz CT molecular complexity index is 974. The fourth-order valence-electron chi connectivity index (χ4n) is 4.63. The van der Waals surface area contributed by atoms with Crippen LogP contribution in [0.4, 0.5) is 0 Å². The number of nitrogens with two attached hydrogens (primary N) is 1. The highest BCUT2D eigenvalue weighted by Gasteiger charge is 2.36. The van der Waals surface area contributed by atoms with Crippen molar-refractivity contribution in [3.05, 3.63) is 54.4 Å². The van der Waals surface area contributed by atoms with E-state index in [4.69, 9.17) is 15.1 Å². The first kappa shape index (κ1) is 20.6. The summed E-state index contributed by atoms with van der Waals surface area (Å²) < 4.78 is 6.11. The maximum absolute atomic E-state index is 12.6. The van der Waals surface area contributed by atoms with Gasteiger partial charge in [0, 0.05) is 19.4 Å². The third-order valence-corrected chi connectivity index (χ3v) is 6.22. The van der Waals surface area contributed by atoms with Gasteiger partial charge in [0.2, 0.25) is 5.91 Å². The van der Waals surface area contributed by atoms with Crippen molar-refractivity contribution >= 4 is 17.0 Å². The summed E-state index contributed by atoms with van der Waals surface area (Å²) in [4.78, 5) is 17.4. The lowest BCUT2D eigenvalue weighted by molar-refractivity contribution is -0.124. The molecule has 1 aliphatic carbocycles. The molecule has 0 saturated heterocycles. The highest BCUT2D eigenvalue weighted by Crippen LogP contribution is 2.42. The molecule has 30 heavy (non-hydrogen) atoms. The Morgan fingerprint density at radius 2 is 1.87 bits per heavy atom. The zero-order valence-corrected chi connectivity index (χ0v) is 17.5. The zero-order valence-electron chi connectivity index (χ0n) is 17.5. The van der Waals surface area contributed by atoms with Gasteiger partial charge < -0.3 is 15.5 Å². The topological polar surface area (TPSA) is 81.1 Å². The van der Waals surface area contributed by atoms with Crippen molar-refractivity contribution in [1.82, 2.24) is 10.3 Å². The van der Waals surface area contributed by atoms with Gasteiger partial charge in [-0.3, -0.25) is 4.79 Å². The number of hydrogen-bond donors (Lipinski definition) is 2. The minimum absolute atomic E-state index is 0.0613. The fourth-order valence-corrected chi connectivity index (χ4v) is 4.63. The third-order valence-electron chi connectivity index (χ3n) is 6.22. The summed E-state index contributed by atoms with van der Waals surface area (Å²) in [6.07, 6.45) is 7.72. The number of carbonyl (C=O) groups is 1. The molecule has 5 nitrogen and oxygen atoms in total. The monoisotopic (exact) mass is 405 g/mol. The molecule has 0 bridgehead atoms. The van der Waals surface area contributed by atoms with Crippen LogP contribution in [0, 0.1) is 5.41 Å². The molecule has 1 saturated carbocycles. The van der Waals surface area contributed by atoms with E-state index in [1.165, 1.54) is 12.0 Å². The molecule has 2 aromatic carbocycles. The summed E-state index contributed by atoms with van der Waals surface area (Å²) >= 11 is 0. The van der Waals surface area contributed by atoms with Crippen molar-refractivity contribution in [2.45, 2.75) is 51.4 Å². The number of fused-ring (bicyclic) bond motifs is 1. The summed E-state index contributed by atoms with van der Waals surface area (Å²) in [5, 5.41) is 3.02. The second kappa shape index (κ2) is 9.43. The van der Waals surface area contributed by atoms with Crippen LogP contribution in [0.2, 0.25) is 0 Å². The second-order valence-corrected chi connectivity index (χ2v) is 8.56. The summed E-state index contributed by atoms with van der Waals surface area (Å²) in [5.41, 5.74) is 9.47. The standard InChI is InChI=1S/C25H31N3O2/c26-14-7-15-27-23(29)17-25(12-5-2-6-13-25)18-24-28-21-16-20(10-11-22(21)30-24)19-8-3-1-4-9-19/h1,3-4,8-11,16H,2,5-7,12-15,17-18,26H2,(H,27,29). The number of carbonyl (C=O) groups excluding carboxylic acids is 1. The van der Waals surface area contributed by atoms with Gasteiger partial charge in [0.05, 0.1) is 0 Å². The summed E-state index contributed by atoms with van der Waals surface area (Å²) in [5.74, 6) is 0.861. The minimum atomic E-state index is -0.0613. The van der Waals surface area contributed by atoms with Gasteiger partial charge in [-0.15, -0.1) is 0 Å². The van der Waals surface area contributed by atoms with Gasteiger partial charge >= 0.3 is 0 Å². The van der Waals surface area contributed by atoms with Gasteiger partial charge in [-0.1, -0.05) is 55.7 Å². The van der Waals surface area contributed by atoms with Gasteiger partial charge in [-0.25, -0.2) is 4.98 Å². The Morgan fingerprint density at radius 3 is 2.63 bits per heavy atom. The molecule has 0 aliphatic heterocycles. The van der Waals surface area contributed by atoms with Crippen molar-refractivity contribution in [2.75, 3.05) is 13.1 Å². The fraction of sp³-hybridized carbons (Fsp3) is 0.440. The molecule has 1 aliphatic rings. The Morgan fingerprint density at radius 1 is 1.07 bits per heavy atom. The van der Waals surface area contributed by atoms with Gasteiger partial charge in [0.15, 0.2) is 11.5 Å². The van der Waals surface area contributed by atoms with E-state index in [1.807, 2.05) is 24.3 Å².